The van der Waals surface area contributed by atoms with E-state index < -0.39 is 7.37 Å². The number of rotatable bonds is 4. The van der Waals surface area contributed by atoms with Crippen LogP contribution in [0.2, 0.25) is 0 Å². The van der Waals surface area contributed by atoms with Gasteiger partial charge in [0.25, 0.3) is 7.37 Å². The van der Waals surface area contributed by atoms with Crippen LogP contribution in [0.4, 0.5) is 0 Å². The lowest BCUT2D eigenvalue weighted by molar-refractivity contribution is 0.185. The second kappa shape index (κ2) is 4.56. The molecule has 1 aromatic rings. The molecule has 1 N–H and O–H groups in total. The van der Waals surface area contributed by atoms with Crippen LogP contribution in [-0.4, -0.2) is 17.8 Å². The molecule has 0 spiro atoms. The average Bonchev–Trinajstić information content (AvgIpc) is 2.16. The van der Waals surface area contributed by atoms with E-state index in [0.717, 1.165) is 0 Å². The van der Waals surface area contributed by atoms with Crippen molar-refractivity contribution >= 4 is 12.7 Å². The molecule has 72 valence electrons. The highest BCUT2D eigenvalue weighted by Gasteiger charge is 2.20. The van der Waals surface area contributed by atoms with Crippen LogP contribution in [0.25, 0.3) is 0 Å². The van der Waals surface area contributed by atoms with Gasteiger partial charge < -0.3 is 9.63 Å². The van der Waals surface area contributed by atoms with Crippen LogP contribution in [0.1, 0.15) is 6.92 Å². The summed E-state index contributed by atoms with van der Waals surface area (Å²) in [5.41, 5.74) is 0. The molecule has 0 amide bonds. The van der Waals surface area contributed by atoms with Crippen molar-refractivity contribution in [1.29, 1.82) is 0 Å². The lowest BCUT2D eigenvalue weighted by Crippen LogP contribution is -2.08. The van der Waals surface area contributed by atoms with E-state index in [1.807, 2.05) is 6.07 Å². The Morgan fingerprint density at radius 2 is 2.00 bits per heavy atom. The molecule has 1 atom stereocenters. The normalized spacial score (nSPS) is 15.2. The summed E-state index contributed by atoms with van der Waals surface area (Å²) in [6.45, 7) is 2.25. The van der Waals surface area contributed by atoms with Crippen molar-refractivity contribution < 1.29 is 14.2 Å². The van der Waals surface area contributed by atoms with E-state index in [2.05, 4.69) is 0 Å². The molecule has 0 fully saturated rings. The minimum Gasteiger partial charge on any atom is -0.371 e. The molecule has 0 radical (unpaired) electrons. The smallest absolute Gasteiger partial charge is 0.254 e. The third-order valence-electron chi connectivity index (χ3n) is 1.63. The third-order valence-corrected chi connectivity index (χ3v) is 3.27. The van der Waals surface area contributed by atoms with Crippen molar-refractivity contribution in [3.8, 4) is 0 Å². The van der Waals surface area contributed by atoms with E-state index in [1.165, 1.54) is 0 Å². The molecule has 0 saturated heterocycles. The predicted molar refractivity (Wildman–Crippen MR) is 52.4 cm³/mol. The standard InChI is InChI=1S/C9H13O3P/c1-2-12-8-13(10,11)9-6-4-3-5-7-9/h3-7H,2,8H2,1H3,(H,10,11). The molecule has 0 aromatic heterocycles. The van der Waals surface area contributed by atoms with Gasteiger partial charge in [0.1, 0.15) is 6.35 Å². The van der Waals surface area contributed by atoms with E-state index in [4.69, 9.17) is 4.74 Å². The highest BCUT2D eigenvalue weighted by molar-refractivity contribution is 7.65. The van der Waals surface area contributed by atoms with Gasteiger partial charge in [0.15, 0.2) is 0 Å². The number of benzene rings is 1. The van der Waals surface area contributed by atoms with Crippen molar-refractivity contribution in [1.82, 2.24) is 0 Å². The van der Waals surface area contributed by atoms with Gasteiger partial charge in [-0.25, -0.2) is 0 Å². The first-order chi connectivity index (χ1) is 6.17. The summed E-state index contributed by atoms with van der Waals surface area (Å²) < 4.78 is 16.5. The molecule has 4 heteroatoms. The zero-order valence-electron chi connectivity index (χ0n) is 7.51. The molecular formula is C9H13O3P. The third kappa shape index (κ3) is 2.96. The highest BCUT2D eigenvalue weighted by atomic mass is 31.2. The monoisotopic (exact) mass is 200 g/mol. The summed E-state index contributed by atoms with van der Waals surface area (Å²) in [5.74, 6) is 0. The molecule has 13 heavy (non-hydrogen) atoms. The number of hydrogen-bond acceptors (Lipinski definition) is 2. The zero-order valence-corrected chi connectivity index (χ0v) is 8.41. The van der Waals surface area contributed by atoms with Crippen molar-refractivity contribution in [2.45, 2.75) is 6.92 Å². The van der Waals surface area contributed by atoms with Crippen molar-refractivity contribution in [3.05, 3.63) is 30.3 Å². The maximum atomic E-state index is 11.6. The lowest BCUT2D eigenvalue weighted by Gasteiger charge is -2.10. The van der Waals surface area contributed by atoms with Gasteiger partial charge in [0, 0.05) is 11.9 Å². The first-order valence-corrected chi connectivity index (χ1v) is 5.96. The Balaban J connectivity index is 2.76. The first-order valence-electron chi connectivity index (χ1n) is 4.12. The summed E-state index contributed by atoms with van der Waals surface area (Å²) in [5, 5.41) is 0.448. The van der Waals surface area contributed by atoms with Crippen LogP contribution in [0.3, 0.4) is 0 Å². The van der Waals surface area contributed by atoms with Gasteiger partial charge in [-0.15, -0.1) is 0 Å². The van der Waals surface area contributed by atoms with Crippen molar-refractivity contribution in [2.75, 3.05) is 13.0 Å². The molecule has 3 nitrogen and oxygen atoms in total. The Morgan fingerprint density at radius 3 is 2.54 bits per heavy atom. The minimum absolute atomic E-state index is 0.104. The van der Waals surface area contributed by atoms with Crippen molar-refractivity contribution in [3.63, 3.8) is 0 Å². The van der Waals surface area contributed by atoms with E-state index in [-0.39, 0.29) is 6.35 Å². The summed E-state index contributed by atoms with van der Waals surface area (Å²) in [6, 6.07) is 8.57. The van der Waals surface area contributed by atoms with Gasteiger partial charge in [-0.3, -0.25) is 4.57 Å². The van der Waals surface area contributed by atoms with E-state index in [9.17, 15) is 9.46 Å². The molecular weight excluding hydrogens is 187 g/mol. The highest BCUT2D eigenvalue weighted by Crippen LogP contribution is 2.38. The molecule has 1 rings (SSSR count). The molecule has 0 aliphatic rings. The van der Waals surface area contributed by atoms with Crippen LogP contribution >= 0.6 is 7.37 Å². The van der Waals surface area contributed by atoms with Gasteiger partial charge >= 0.3 is 0 Å². The second-order valence-electron chi connectivity index (χ2n) is 2.66. The number of hydrogen-bond donors (Lipinski definition) is 1. The molecule has 0 aliphatic heterocycles. The fourth-order valence-electron chi connectivity index (χ4n) is 0.950. The van der Waals surface area contributed by atoms with Crippen LogP contribution in [-0.2, 0) is 9.30 Å². The van der Waals surface area contributed by atoms with Crippen LogP contribution in [0.5, 0.6) is 0 Å². The molecule has 0 heterocycles. The molecule has 0 bridgehead atoms. The Bertz CT molecular complexity index is 297. The quantitative estimate of drug-likeness (QED) is 0.750. The molecule has 1 aromatic carbocycles. The fourth-order valence-corrected chi connectivity index (χ4v) is 2.17. The summed E-state index contributed by atoms with van der Waals surface area (Å²) in [6.07, 6.45) is -0.104. The second-order valence-corrected chi connectivity index (χ2v) is 4.84. The summed E-state index contributed by atoms with van der Waals surface area (Å²) in [4.78, 5) is 9.55. The Morgan fingerprint density at radius 1 is 1.38 bits per heavy atom. The van der Waals surface area contributed by atoms with Gasteiger partial charge in [0.05, 0.1) is 0 Å². The SMILES string of the molecule is CCOCP(=O)(O)c1ccccc1. The minimum atomic E-state index is -3.28. The van der Waals surface area contributed by atoms with Crippen molar-refractivity contribution in [2.24, 2.45) is 0 Å². The number of ether oxygens (including phenoxy) is 1. The van der Waals surface area contributed by atoms with Gasteiger partial charge in [-0.1, -0.05) is 18.2 Å². The van der Waals surface area contributed by atoms with E-state index >= 15 is 0 Å². The van der Waals surface area contributed by atoms with Crippen LogP contribution < -0.4 is 5.30 Å². The summed E-state index contributed by atoms with van der Waals surface area (Å²) >= 11 is 0. The van der Waals surface area contributed by atoms with Gasteiger partial charge in [-0.2, -0.15) is 0 Å². The molecule has 0 aliphatic carbocycles. The Kier molecular flexibility index (Phi) is 3.67. The van der Waals surface area contributed by atoms with Gasteiger partial charge in [-0.05, 0) is 19.1 Å². The first kappa shape index (κ1) is 10.5. The molecule has 0 saturated carbocycles. The maximum Gasteiger partial charge on any atom is 0.254 e. The zero-order chi connectivity index (χ0) is 9.73. The lowest BCUT2D eigenvalue weighted by atomic mass is 10.4. The largest absolute Gasteiger partial charge is 0.371 e. The van der Waals surface area contributed by atoms with E-state index in [1.54, 1.807) is 31.2 Å². The Hall–Kier alpha value is -0.630. The topological polar surface area (TPSA) is 46.5 Å². The fraction of sp³-hybridized carbons (Fsp3) is 0.333. The predicted octanol–water partition coefficient (Wildman–Crippen LogP) is 1.58. The van der Waals surface area contributed by atoms with Gasteiger partial charge in [0.2, 0.25) is 0 Å². The average molecular weight is 200 g/mol. The summed E-state index contributed by atoms with van der Waals surface area (Å²) in [7, 11) is -3.28. The Labute approximate surface area is 77.8 Å². The van der Waals surface area contributed by atoms with Crippen LogP contribution in [0.15, 0.2) is 30.3 Å². The van der Waals surface area contributed by atoms with E-state index in [0.29, 0.717) is 11.9 Å². The molecule has 1 unspecified atom stereocenters. The maximum absolute atomic E-state index is 11.6. The van der Waals surface area contributed by atoms with Crippen LogP contribution in [0, 0.1) is 0 Å².